The second kappa shape index (κ2) is 10.2. The molecule has 1 fully saturated rings. The van der Waals surface area contributed by atoms with Crippen molar-refractivity contribution >= 4 is 17.7 Å². The Kier molecular flexibility index (Phi) is 6.94. The van der Waals surface area contributed by atoms with Gasteiger partial charge in [0.25, 0.3) is 5.91 Å². The predicted molar refractivity (Wildman–Crippen MR) is 116 cm³/mol. The quantitative estimate of drug-likeness (QED) is 0.591. The van der Waals surface area contributed by atoms with Gasteiger partial charge < -0.3 is 34.5 Å². The van der Waals surface area contributed by atoms with Crippen molar-refractivity contribution in [3.05, 3.63) is 53.6 Å². The SMILES string of the molecule is COc1ccc(CCNC(=O)C(=O)NC[C@H]2OCCN2C(=O)c2ccc3c(c2)OCO3)cc1. The molecule has 10 nitrogen and oxygen atoms in total. The van der Waals surface area contributed by atoms with E-state index in [9.17, 15) is 14.4 Å². The highest BCUT2D eigenvalue weighted by molar-refractivity contribution is 6.35. The van der Waals surface area contributed by atoms with Crippen LogP contribution in [0.4, 0.5) is 0 Å². The lowest BCUT2D eigenvalue weighted by atomic mass is 10.1. The minimum atomic E-state index is -0.782. The van der Waals surface area contributed by atoms with Crippen LogP contribution in [-0.4, -0.2) is 69.0 Å². The molecule has 0 radical (unpaired) electrons. The maximum absolute atomic E-state index is 12.9. The van der Waals surface area contributed by atoms with Crippen molar-refractivity contribution in [2.24, 2.45) is 0 Å². The van der Waals surface area contributed by atoms with Crippen molar-refractivity contribution in [2.45, 2.75) is 12.6 Å². The molecule has 0 aromatic heterocycles. The molecule has 2 aliphatic heterocycles. The Morgan fingerprint density at radius 1 is 1.03 bits per heavy atom. The molecule has 1 atom stereocenters. The van der Waals surface area contributed by atoms with E-state index < -0.39 is 18.0 Å². The van der Waals surface area contributed by atoms with Crippen molar-refractivity contribution in [1.29, 1.82) is 0 Å². The summed E-state index contributed by atoms with van der Waals surface area (Å²) in [5.41, 5.74) is 1.44. The van der Waals surface area contributed by atoms with Crippen LogP contribution >= 0.6 is 0 Å². The van der Waals surface area contributed by atoms with E-state index in [0.29, 0.717) is 43.2 Å². The van der Waals surface area contributed by atoms with Crippen molar-refractivity contribution < 1.29 is 33.3 Å². The van der Waals surface area contributed by atoms with E-state index in [1.54, 1.807) is 25.3 Å². The predicted octanol–water partition coefficient (Wildman–Crippen LogP) is 0.698. The highest BCUT2D eigenvalue weighted by Crippen LogP contribution is 2.33. The van der Waals surface area contributed by atoms with Gasteiger partial charge in [-0.3, -0.25) is 14.4 Å². The molecule has 2 aromatic carbocycles. The lowest BCUT2D eigenvalue weighted by Gasteiger charge is -2.23. The van der Waals surface area contributed by atoms with E-state index in [2.05, 4.69) is 10.6 Å². The summed E-state index contributed by atoms with van der Waals surface area (Å²) >= 11 is 0. The van der Waals surface area contributed by atoms with Crippen LogP contribution in [0.2, 0.25) is 0 Å². The zero-order valence-electron chi connectivity index (χ0n) is 18.2. The molecule has 174 valence electrons. The van der Waals surface area contributed by atoms with E-state index in [1.165, 1.54) is 4.90 Å². The van der Waals surface area contributed by atoms with Crippen LogP contribution in [0.3, 0.4) is 0 Å². The number of amides is 3. The average Bonchev–Trinajstić information content (AvgIpc) is 3.51. The third kappa shape index (κ3) is 5.35. The van der Waals surface area contributed by atoms with E-state index in [1.807, 2.05) is 24.3 Å². The summed E-state index contributed by atoms with van der Waals surface area (Å²) in [6, 6.07) is 12.4. The van der Waals surface area contributed by atoms with Crippen molar-refractivity contribution in [2.75, 3.05) is 40.1 Å². The minimum Gasteiger partial charge on any atom is -0.497 e. The Hall–Kier alpha value is -3.79. The zero-order valence-corrected chi connectivity index (χ0v) is 18.2. The lowest BCUT2D eigenvalue weighted by molar-refractivity contribution is -0.139. The Morgan fingerprint density at radius 2 is 1.79 bits per heavy atom. The molecule has 0 aliphatic carbocycles. The third-order valence-corrected chi connectivity index (χ3v) is 5.37. The summed E-state index contributed by atoms with van der Waals surface area (Å²) in [4.78, 5) is 38.7. The largest absolute Gasteiger partial charge is 0.497 e. The van der Waals surface area contributed by atoms with Gasteiger partial charge in [-0.2, -0.15) is 0 Å². The van der Waals surface area contributed by atoms with E-state index in [0.717, 1.165) is 11.3 Å². The summed E-state index contributed by atoms with van der Waals surface area (Å²) in [6.07, 6.45) is -0.0917. The maximum atomic E-state index is 12.9. The monoisotopic (exact) mass is 455 g/mol. The molecule has 33 heavy (non-hydrogen) atoms. The maximum Gasteiger partial charge on any atom is 0.309 e. The summed E-state index contributed by atoms with van der Waals surface area (Å²) in [6.45, 7) is 1.15. The number of ether oxygens (including phenoxy) is 4. The number of carbonyl (C=O) groups excluding carboxylic acids is 3. The number of carbonyl (C=O) groups is 3. The van der Waals surface area contributed by atoms with Gasteiger partial charge in [-0.05, 0) is 42.3 Å². The highest BCUT2D eigenvalue weighted by atomic mass is 16.7. The number of benzene rings is 2. The molecule has 0 saturated carbocycles. The molecule has 0 spiro atoms. The van der Waals surface area contributed by atoms with Gasteiger partial charge in [0.15, 0.2) is 11.5 Å². The minimum absolute atomic E-state index is 0.00102. The molecule has 2 N–H and O–H groups in total. The van der Waals surface area contributed by atoms with Crippen LogP contribution in [-0.2, 0) is 20.7 Å². The van der Waals surface area contributed by atoms with Gasteiger partial charge in [0.2, 0.25) is 6.79 Å². The van der Waals surface area contributed by atoms with Gasteiger partial charge in [-0.1, -0.05) is 12.1 Å². The highest BCUT2D eigenvalue weighted by Gasteiger charge is 2.32. The fraction of sp³-hybridized carbons (Fsp3) is 0.348. The number of hydrogen-bond acceptors (Lipinski definition) is 7. The van der Waals surface area contributed by atoms with Gasteiger partial charge in [0.1, 0.15) is 12.0 Å². The van der Waals surface area contributed by atoms with Crippen LogP contribution in [0.5, 0.6) is 17.2 Å². The van der Waals surface area contributed by atoms with Gasteiger partial charge in [-0.25, -0.2) is 0 Å². The van der Waals surface area contributed by atoms with Gasteiger partial charge in [0, 0.05) is 18.7 Å². The summed E-state index contributed by atoms with van der Waals surface area (Å²) in [7, 11) is 1.59. The van der Waals surface area contributed by atoms with Gasteiger partial charge in [0.05, 0.1) is 20.3 Å². The molecular weight excluding hydrogens is 430 g/mol. The second-order valence-electron chi connectivity index (χ2n) is 7.46. The molecule has 2 aromatic rings. The normalized spacial score (nSPS) is 16.4. The summed E-state index contributed by atoms with van der Waals surface area (Å²) < 4.78 is 21.3. The zero-order chi connectivity index (χ0) is 23.2. The Bertz CT molecular complexity index is 1030. The van der Waals surface area contributed by atoms with Crippen LogP contribution < -0.4 is 24.8 Å². The van der Waals surface area contributed by atoms with Gasteiger partial charge >= 0.3 is 11.8 Å². The number of rotatable bonds is 7. The van der Waals surface area contributed by atoms with Crippen molar-refractivity contribution in [1.82, 2.24) is 15.5 Å². The first-order valence-electron chi connectivity index (χ1n) is 10.6. The lowest BCUT2D eigenvalue weighted by Crippen LogP contribution is -2.47. The fourth-order valence-electron chi connectivity index (χ4n) is 3.57. The smallest absolute Gasteiger partial charge is 0.309 e. The molecule has 1 saturated heterocycles. The number of methoxy groups -OCH3 is 1. The van der Waals surface area contributed by atoms with Crippen LogP contribution in [0, 0.1) is 0 Å². The third-order valence-electron chi connectivity index (χ3n) is 5.37. The molecule has 3 amide bonds. The number of hydrogen-bond donors (Lipinski definition) is 2. The molecular formula is C23H25N3O7. The Labute approximate surface area is 190 Å². The van der Waals surface area contributed by atoms with E-state index >= 15 is 0 Å². The second-order valence-corrected chi connectivity index (χ2v) is 7.46. The van der Waals surface area contributed by atoms with Gasteiger partial charge in [-0.15, -0.1) is 0 Å². The van der Waals surface area contributed by atoms with Crippen LogP contribution in [0.25, 0.3) is 0 Å². The first-order valence-corrected chi connectivity index (χ1v) is 10.6. The standard InChI is InChI=1S/C23H25N3O7/c1-30-17-5-2-15(3-6-17)8-9-24-21(27)22(28)25-13-20-26(10-11-31-20)23(29)16-4-7-18-19(12-16)33-14-32-18/h2-7,12,20H,8-11,13-14H2,1H3,(H,24,27)(H,25,28)/t20-/m1/s1. The summed E-state index contributed by atoms with van der Waals surface area (Å²) in [5.74, 6) is 0.0744. The van der Waals surface area contributed by atoms with Crippen molar-refractivity contribution in [3.63, 3.8) is 0 Å². The van der Waals surface area contributed by atoms with Crippen molar-refractivity contribution in [3.8, 4) is 17.2 Å². The molecule has 0 unspecified atom stereocenters. The Balaban J connectivity index is 1.23. The van der Waals surface area contributed by atoms with E-state index in [4.69, 9.17) is 18.9 Å². The fourth-order valence-corrected chi connectivity index (χ4v) is 3.57. The van der Waals surface area contributed by atoms with E-state index in [-0.39, 0.29) is 19.2 Å². The molecule has 4 rings (SSSR count). The molecule has 2 aliphatic rings. The first-order chi connectivity index (χ1) is 16.0. The molecule has 2 heterocycles. The number of nitrogens with zero attached hydrogens (tertiary/aromatic N) is 1. The first kappa shape index (κ1) is 22.4. The number of fused-ring (bicyclic) bond motifs is 1. The summed E-state index contributed by atoms with van der Waals surface area (Å²) in [5, 5.41) is 5.12. The van der Waals surface area contributed by atoms with Crippen LogP contribution in [0.1, 0.15) is 15.9 Å². The average molecular weight is 455 g/mol. The molecule has 0 bridgehead atoms. The topological polar surface area (TPSA) is 115 Å². The Morgan fingerprint density at radius 3 is 2.58 bits per heavy atom. The number of nitrogens with one attached hydrogen (secondary N) is 2. The molecule has 10 heteroatoms. The van der Waals surface area contributed by atoms with Crippen LogP contribution in [0.15, 0.2) is 42.5 Å².